The highest BCUT2D eigenvalue weighted by atomic mass is 16.3. The second kappa shape index (κ2) is 4.85. The lowest BCUT2D eigenvalue weighted by Crippen LogP contribution is -2.21. The Hall–Kier alpha value is -2.14. The first-order chi connectivity index (χ1) is 9.29. The van der Waals surface area contributed by atoms with Gasteiger partial charge in [-0.25, -0.2) is 0 Å². The molecule has 5 heteroatoms. The highest BCUT2D eigenvalue weighted by molar-refractivity contribution is 5.81. The van der Waals surface area contributed by atoms with Gasteiger partial charge in [-0.05, 0) is 25.1 Å². The molecule has 3 aromatic rings. The van der Waals surface area contributed by atoms with Crippen LogP contribution in [-0.4, -0.2) is 22.0 Å². The van der Waals surface area contributed by atoms with Gasteiger partial charge in [-0.15, -0.1) is 0 Å². The maximum Gasteiger partial charge on any atom is 0.137 e. The van der Waals surface area contributed by atoms with E-state index in [4.69, 9.17) is 4.42 Å². The molecule has 1 aromatic carbocycles. The standard InChI is InChI=1S/C14H16N4O/c1-3-15-13(11-8-16-18-17-11)12-7-10-6-4-5-9(2)14(10)19-12/h4-8,13,15H,3H2,1-2H3,(H,16,17,18). The zero-order valence-corrected chi connectivity index (χ0v) is 11.0. The van der Waals surface area contributed by atoms with E-state index in [2.05, 4.69) is 39.8 Å². The van der Waals surface area contributed by atoms with Gasteiger partial charge in [0.05, 0.1) is 6.20 Å². The van der Waals surface area contributed by atoms with Crippen LogP contribution in [0, 0.1) is 6.92 Å². The Morgan fingerprint density at radius 3 is 3.00 bits per heavy atom. The van der Waals surface area contributed by atoms with Gasteiger partial charge in [0, 0.05) is 5.39 Å². The lowest BCUT2D eigenvalue weighted by atomic mass is 10.1. The van der Waals surface area contributed by atoms with Gasteiger partial charge in [0.1, 0.15) is 23.1 Å². The maximum absolute atomic E-state index is 5.99. The minimum Gasteiger partial charge on any atom is -0.459 e. The second-order valence-electron chi connectivity index (χ2n) is 4.53. The Kier molecular flexibility index (Phi) is 3.05. The smallest absolute Gasteiger partial charge is 0.137 e. The second-order valence-corrected chi connectivity index (χ2v) is 4.53. The summed E-state index contributed by atoms with van der Waals surface area (Å²) in [6.45, 7) is 4.93. The van der Waals surface area contributed by atoms with Crippen LogP contribution in [0.2, 0.25) is 0 Å². The first-order valence-corrected chi connectivity index (χ1v) is 6.37. The normalized spacial score (nSPS) is 12.9. The number of nitrogens with one attached hydrogen (secondary N) is 2. The Balaban J connectivity index is 2.08. The van der Waals surface area contributed by atoms with E-state index in [1.807, 2.05) is 19.1 Å². The fraction of sp³-hybridized carbons (Fsp3) is 0.286. The highest BCUT2D eigenvalue weighted by Crippen LogP contribution is 2.28. The van der Waals surface area contributed by atoms with Crippen molar-refractivity contribution in [2.45, 2.75) is 19.9 Å². The van der Waals surface area contributed by atoms with E-state index >= 15 is 0 Å². The first-order valence-electron chi connectivity index (χ1n) is 6.37. The molecule has 0 radical (unpaired) electrons. The Bertz CT molecular complexity index is 672. The van der Waals surface area contributed by atoms with E-state index in [0.717, 1.165) is 34.5 Å². The van der Waals surface area contributed by atoms with E-state index in [1.54, 1.807) is 6.20 Å². The van der Waals surface area contributed by atoms with Crippen molar-refractivity contribution in [3.8, 4) is 0 Å². The van der Waals surface area contributed by atoms with Crippen LogP contribution in [0.5, 0.6) is 0 Å². The predicted molar refractivity (Wildman–Crippen MR) is 72.9 cm³/mol. The zero-order chi connectivity index (χ0) is 13.2. The van der Waals surface area contributed by atoms with Gasteiger partial charge in [-0.1, -0.05) is 25.1 Å². The molecule has 2 N–H and O–H groups in total. The number of aryl methyl sites for hydroxylation is 1. The van der Waals surface area contributed by atoms with Gasteiger partial charge in [0.25, 0.3) is 0 Å². The summed E-state index contributed by atoms with van der Waals surface area (Å²) in [7, 11) is 0. The Morgan fingerprint density at radius 1 is 1.42 bits per heavy atom. The van der Waals surface area contributed by atoms with Crippen LogP contribution in [0.25, 0.3) is 11.0 Å². The first kappa shape index (κ1) is 11.9. The van der Waals surface area contributed by atoms with Crippen LogP contribution in [0.1, 0.15) is 30.0 Å². The highest BCUT2D eigenvalue weighted by Gasteiger charge is 2.20. The number of aromatic amines is 1. The summed E-state index contributed by atoms with van der Waals surface area (Å²) in [4.78, 5) is 0. The molecule has 0 amide bonds. The minimum absolute atomic E-state index is 0.0736. The lowest BCUT2D eigenvalue weighted by molar-refractivity contribution is 0.470. The van der Waals surface area contributed by atoms with Crippen LogP contribution in [0.4, 0.5) is 0 Å². The van der Waals surface area contributed by atoms with E-state index in [9.17, 15) is 0 Å². The Morgan fingerprint density at radius 2 is 2.32 bits per heavy atom. The van der Waals surface area contributed by atoms with Crippen LogP contribution < -0.4 is 5.32 Å². The summed E-state index contributed by atoms with van der Waals surface area (Å²) < 4.78 is 5.99. The third-order valence-corrected chi connectivity index (χ3v) is 3.18. The molecule has 0 saturated heterocycles. The number of aromatic nitrogens is 3. The fourth-order valence-corrected chi connectivity index (χ4v) is 2.28. The van der Waals surface area contributed by atoms with Gasteiger partial charge in [0.15, 0.2) is 0 Å². The average Bonchev–Trinajstić information content (AvgIpc) is 3.05. The monoisotopic (exact) mass is 256 g/mol. The predicted octanol–water partition coefficient (Wildman–Crippen LogP) is 2.56. The molecule has 98 valence electrons. The molecule has 2 heterocycles. The summed E-state index contributed by atoms with van der Waals surface area (Å²) in [6.07, 6.45) is 1.72. The van der Waals surface area contributed by atoms with Crippen molar-refractivity contribution in [2.75, 3.05) is 6.54 Å². The summed E-state index contributed by atoms with van der Waals surface area (Å²) in [5.41, 5.74) is 2.90. The number of hydrogen-bond donors (Lipinski definition) is 2. The molecular formula is C14H16N4O. The van der Waals surface area contributed by atoms with Gasteiger partial charge in [-0.2, -0.15) is 15.4 Å². The van der Waals surface area contributed by atoms with E-state index in [-0.39, 0.29) is 6.04 Å². The van der Waals surface area contributed by atoms with Gasteiger partial charge in [-0.3, -0.25) is 0 Å². The summed E-state index contributed by atoms with van der Waals surface area (Å²) in [5, 5.41) is 15.1. The van der Waals surface area contributed by atoms with Gasteiger partial charge in [0.2, 0.25) is 0 Å². The molecule has 0 aliphatic heterocycles. The Labute approximate surface area is 111 Å². The molecule has 0 aliphatic carbocycles. The molecule has 0 bridgehead atoms. The molecule has 19 heavy (non-hydrogen) atoms. The van der Waals surface area contributed by atoms with E-state index in [0.29, 0.717) is 0 Å². The zero-order valence-electron chi connectivity index (χ0n) is 11.0. The van der Waals surface area contributed by atoms with Crippen LogP contribution >= 0.6 is 0 Å². The fourth-order valence-electron chi connectivity index (χ4n) is 2.28. The van der Waals surface area contributed by atoms with Crippen molar-refractivity contribution in [2.24, 2.45) is 0 Å². The molecular weight excluding hydrogens is 240 g/mol. The minimum atomic E-state index is -0.0736. The summed E-state index contributed by atoms with van der Waals surface area (Å²) >= 11 is 0. The topological polar surface area (TPSA) is 66.7 Å². The third-order valence-electron chi connectivity index (χ3n) is 3.18. The third kappa shape index (κ3) is 2.13. The van der Waals surface area contributed by atoms with E-state index < -0.39 is 0 Å². The quantitative estimate of drug-likeness (QED) is 0.753. The van der Waals surface area contributed by atoms with Crippen LogP contribution in [-0.2, 0) is 0 Å². The lowest BCUT2D eigenvalue weighted by Gasteiger charge is -2.11. The van der Waals surface area contributed by atoms with E-state index in [1.165, 1.54) is 0 Å². The molecule has 1 atom stereocenters. The largest absolute Gasteiger partial charge is 0.459 e. The molecule has 0 spiro atoms. The molecule has 0 aliphatic rings. The number of H-pyrrole nitrogens is 1. The number of para-hydroxylation sites is 1. The van der Waals surface area contributed by atoms with Crippen LogP contribution in [0.3, 0.4) is 0 Å². The maximum atomic E-state index is 5.99. The number of fused-ring (bicyclic) bond motifs is 1. The molecule has 0 saturated carbocycles. The molecule has 2 aromatic heterocycles. The molecule has 0 fully saturated rings. The number of rotatable bonds is 4. The molecule has 1 unspecified atom stereocenters. The van der Waals surface area contributed by atoms with Crippen molar-refractivity contribution in [1.29, 1.82) is 0 Å². The van der Waals surface area contributed by atoms with Gasteiger partial charge < -0.3 is 9.73 Å². The number of nitrogens with zero attached hydrogens (tertiary/aromatic N) is 2. The van der Waals surface area contributed by atoms with Crippen molar-refractivity contribution in [3.63, 3.8) is 0 Å². The van der Waals surface area contributed by atoms with Crippen LogP contribution in [0.15, 0.2) is 34.9 Å². The molecule has 3 rings (SSSR count). The van der Waals surface area contributed by atoms with Crippen molar-refractivity contribution < 1.29 is 4.42 Å². The number of hydrogen-bond acceptors (Lipinski definition) is 4. The average molecular weight is 256 g/mol. The number of benzene rings is 1. The van der Waals surface area contributed by atoms with Gasteiger partial charge >= 0.3 is 0 Å². The summed E-state index contributed by atoms with van der Waals surface area (Å²) in [6, 6.07) is 8.13. The summed E-state index contributed by atoms with van der Waals surface area (Å²) in [5.74, 6) is 0.861. The van der Waals surface area contributed by atoms with Crippen molar-refractivity contribution in [3.05, 3.63) is 47.5 Å². The molecule has 5 nitrogen and oxygen atoms in total. The number of furan rings is 1. The van der Waals surface area contributed by atoms with Crippen molar-refractivity contribution >= 4 is 11.0 Å². The SMILES string of the molecule is CCNC(c1cn[nH]n1)c1cc2cccc(C)c2o1. The van der Waals surface area contributed by atoms with Crippen molar-refractivity contribution in [1.82, 2.24) is 20.7 Å².